The van der Waals surface area contributed by atoms with Gasteiger partial charge in [-0.2, -0.15) is 5.26 Å². The summed E-state index contributed by atoms with van der Waals surface area (Å²) in [5.74, 6) is 0. The number of para-hydroxylation sites is 4. The third-order valence-corrected chi connectivity index (χ3v) is 11.3. The Morgan fingerprint density at radius 1 is 0.393 bits per heavy atom. The Balaban J connectivity index is 1.29. The average molecular weight is 711 g/mol. The van der Waals surface area contributed by atoms with Crippen molar-refractivity contribution in [3.8, 4) is 39.7 Å². The van der Waals surface area contributed by atoms with Crippen LogP contribution in [0, 0.1) is 17.9 Å². The van der Waals surface area contributed by atoms with E-state index >= 15 is 0 Å². The van der Waals surface area contributed by atoms with Gasteiger partial charge in [-0.3, -0.25) is 0 Å². The van der Waals surface area contributed by atoms with Gasteiger partial charge >= 0.3 is 0 Å². The monoisotopic (exact) mass is 710 g/mol. The number of hydrogen-bond acceptors (Lipinski definition) is 1. The van der Waals surface area contributed by atoms with Gasteiger partial charge < -0.3 is 9.13 Å². The molecule has 2 heterocycles. The first-order valence-electron chi connectivity index (χ1n) is 18.7. The lowest BCUT2D eigenvalue weighted by molar-refractivity contribution is 1.18. The number of fused-ring (bicyclic) bond motifs is 8. The summed E-state index contributed by atoms with van der Waals surface area (Å²) < 4.78 is 4.74. The van der Waals surface area contributed by atoms with Gasteiger partial charge in [0.15, 0.2) is 5.69 Å². The molecule has 0 spiro atoms. The first kappa shape index (κ1) is 31.6. The molecule has 0 unspecified atom stereocenters. The van der Waals surface area contributed by atoms with E-state index in [1.165, 1.54) is 21.5 Å². The predicted molar refractivity (Wildman–Crippen MR) is 232 cm³/mol. The lowest BCUT2D eigenvalue weighted by atomic mass is 9.85. The van der Waals surface area contributed by atoms with Crippen molar-refractivity contribution in [2.45, 2.75) is 0 Å². The van der Waals surface area contributed by atoms with Crippen molar-refractivity contribution in [1.29, 1.82) is 5.26 Å². The van der Waals surface area contributed by atoms with E-state index in [0.717, 1.165) is 77.2 Å². The van der Waals surface area contributed by atoms with Crippen LogP contribution in [-0.4, -0.2) is 9.13 Å². The molecule has 2 aromatic heterocycles. The van der Waals surface area contributed by atoms with Crippen LogP contribution in [0.4, 0.5) is 5.69 Å². The molecule has 56 heavy (non-hydrogen) atoms. The van der Waals surface area contributed by atoms with Gasteiger partial charge in [0, 0.05) is 32.9 Å². The summed E-state index contributed by atoms with van der Waals surface area (Å²) in [5.41, 5.74) is 12.3. The van der Waals surface area contributed by atoms with E-state index in [2.05, 4.69) is 178 Å². The molecule has 0 aliphatic rings. The van der Waals surface area contributed by atoms with E-state index in [-0.39, 0.29) is 0 Å². The van der Waals surface area contributed by atoms with Crippen LogP contribution in [0.3, 0.4) is 0 Å². The first-order valence-corrected chi connectivity index (χ1v) is 18.7. The summed E-state index contributed by atoms with van der Waals surface area (Å²) in [4.78, 5) is 3.71. The van der Waals surface area contributed by atoms with Crippen LogP contribution in [0.2, 0.25) is 0 Å². The molecule has 11 aromatic rings. The molecule has 0 aliphatic carbocycles. The summed E-state index contributed by atoms with van der Waals surface area (Å²) in [7, 11) is 0. The molecular weight excluding hydrogens is 681 g/mol. The number of aromatic nitrogens is 2. The maximum atomic E-state index is 9.76. The molecule has 0 radical (unpaired) electrons. The third-order valence-electron chi connectivity index (χ3n) is 11.3. The van der Waals surface area contributed by atoms with Crippen molar-refractivity contribution < 1.29 is 0 Å². The second-order valence-electron chi connectivity index (χ2n) is 14.3. The molecule has 11 rings (SSSR count). The highest BCUT2D eigenvalue weighted by atomic mass is 15.0. The molecule has 0 amide bonds. The molecule has 0 fully saturated rings. The second kappa shape index (κ2) is 12.3. The van der Waals surface area contributed by atoms with E-state index in [4.69, 9.17) is 6.57 Å². The van der Waals surface area contributed by atoms with Crippen molar-refractivity contribution in [2.75, 3.05) is 0 Å². The summed E-state index contributed by atoms with van der Waals surface area (Å²) >= 11 is 0. The van der Waals surface area contributed by atoms with E-state index < -0.39 is 0 Å². The smallest absolute Gasteiger partial charge is 0.187 e. The number of nitrogens with zero attached hydrogens (tertiary/aromatic N) is 4. The number of hydrogen-bond donors (Lipinski definition) is 0. The molecule has 0 bridgehead atoms. The van der Waals surface area contributed by atoms with Crippen LogP contribution < -0.4 is 0 Å². The molecule has 0 N–H and O–H groups in total. The van der Waals surface area contributed by atoms with Gasteiger partial charge in [0.25, 0.3) is 0 Å². The topological polar surface area (TPSA) is 38.0 Å². The van der Waals surface area contributed by atoms with Gasteiger partial charge in [-0.05, 0) is 104 Å². The quantitative estimate of drug-likeness (QED) is 0.132. The summed E-state index contributed by atoms with van der Waals surface area (Å²) in [6.07, 6.45) is 0. The lowest BCUT2D eigenvalue weighted by Gasteiger charge is -2.20. The molecule has 9 aromatic carbocycles. The highest BCUT2D eigenvalue weighted by molar-refractivity contribution is 6.22. The van der Waals surface area contributed by atoms with Gasteiger partial charge in [0.2, 0.25) is 0 Å². The molecule has 0 atom stereocenters. The largest absolute Gasteiger partial charge is 0.309 e. The van der Waals surface area contributed by atoms with Crippen LogP contribution in [0.5, 0.6) is 0 Å². The summed E-state index contributed by atoms with van der Waals surface area (Å²) in [6.45, 7) is 7.68. The SMILES string of the molecule is [C-]#[N+]c1ccc(-c2c3ccc(-n4c5ccccc5c5ccccc54)cc3c(-c3ccc(C#N)cc3)c3ccc(-n4c5ccccc5c5ccccc54)cc23)cc1. The zero-order valence-electron chi connectivity index (χ0n) is 30.1. The second-order valence-corrected chi connectivity index (χ2v) is 14.3. The molecule has 0 saturated heterocycles. The van der Waals surface area contributed by atoms with Gasteiger partial charge in [-0.25, -0.2) is 4.85 Å². The van der Waals surface area contributed by atoms with E-state index in [9.17, 15) is 5.26 Å². The minimum atomic E-state index is 0.608. The average Bonchev–Trinajstić information content (AvgIpc) is 3.78. The van der Waals surface area contributed by atoms with E-state index in [0.29, 0.717) is 11.3 Å². The Bertz CT molecular complexity index is 3140. The number of benzene rings is 9. The minimum absolute atomic E-state index is 0.608. The predicted octanol–water partition coefficient (Wildman–Crippen LogP) is 13.9. The Morgan fingerprint density at radius 3 is 1.14 bits per heavy atom. The molecule has 0 saturated carbocycles. The molecular formula is C52H30N4. The highest BCUT2D eigenvalue weighted by Gasteiger charge is 2.21. The molecule has 0 aliphatic heterocycles. The Hall–Kier alpha value is -7.92. The third kappa shape index (κ3) is 4.64. The maximum Gasteiger partial charge on any atom is 0.187 e. The van der Waals surface area contributed by atoms with Gasteiger partial charge in [-0.15, -0.1) is 0 Å². The van der Waals surface area contributed by atoms with E-state index in [1.807, 2.05) is 24.3 Å². The Morgan fingerprint density at radius 2 is 0.768 bits per heavy atom. The van der Waals surface area contributed by atoms with Gasteiger partial charge in [0.05, 0.1) is 40.3 Å². The minimum Gasteiger partial charge on any atom is -0.309 e. The van der Waals surface area contributed by atoms with Crippen LogP contribution in [-0.2, 0) is 0 Å². The van der Waals surface area contributed by atoms with Crippen molar-refractivity contribution in [2.24, 2.45) is 0 Å². The number of nitriles is 1. The van der Waals surface area contributed by atoms with Crippen LogP contribution in [0.25, 0.3) is 104 Å². The van der Waals surface area contributed by atoms with E-state index in [1.54, 1.807) is 0 Å². The fourth-order valence-electron chi connectivity index (χ4n) is 8.92. The fraction of sp³-hybridized carbons (Fsp3) is 0. The Labute approximate surface area is 322 Å². The Kier molecular flexibility index (Phi) is 6.95. The fourth-order valence-corrected chi connectivity index (χ4v) is 8.92. The lowest BCUT2D eigenvalue weighted by Crippen LogP contribution is -1.98. The normalized spacial score (nSPS) is 11.5. The summed E-state index contributed by atoms with van der Waals surface area (Å²) in [6, 6.07) is 66.4. The van der Waals surface area contributed by atoms with Gasteiger partial charge in [0.1, 0.15) is 0 Å². The maximum absolute atomic E-state index is 9.76. The van der Waals surface area contributed by atoms with Gasteiger partial charge in [-0.1, -0.05) is 121 Å². The molecule has 4 nitrogen and oxygen atoms in total. The van der Waals surface area contributed by atoms with Crippen LogP contribution >= 0.6 is 0 Å². The first-order chi connectivity index (χ1) is 27.7. The molecule has 258 valence electrons. The van der Waals surface area contributed by atoms with Crippen molar-refractivity contribution in [1.82, 2.24) is 9.13 Å². The van der Waals surface area contributed by atoms with Crippen LogP contribution in [0.1, 0.15) is 5.56 Å². The molecule has 4 heteroatoms. The zero-order chi connectivity index (χ0) is 37.3. The van der Waals surface area contributed by atoms with Crippen molar-refractivity contribution >= 4 is 70.8 Å². The highest BCUT2D eigenvalue weighted by Crippen LogP contribution is 2.46. The summed E-state index contributed by atoms with van der Waals surface area (Å²) in [5, 5.41) is 19.0. The zero-order valence-corrected chi connectivity index (χ0v) is 30.1. The van der Waals surface area contributed by atoms with Crippen molar-refractivity contribution in [3.05, 3.63) is 199 Å². The number of rotatable bonds is 4. The van der Waals surface area contributed by atoms with Crippen molar-refractivity contribution in [3.63, 3.8) is 0 Å². The standard InChI is InChI=1S/C52H30N4/c1-54-36-24-22-35(23-25-36)52-44-29-27-37(55-47-14-6-2-10-39(47)40-11-3-7-15-48(40)55)30-45(44)51(34-20-18-33(32-53)19-21-34)43-28-26-38(31-46(43)52)56-49-16-8-4-12-41(49)42-13-5-9-17-50(42)56/h2-31H. The van der Waals surface area contributed by atoms with Crippen LogP contribution in [0.15, 0.2) is 182 Å².